The van der Waals surface area contributed by atoms with Gasteiger partial charge in [-0.1, -0.05) is 32.0 Å². The van der Waals surface area contributed by atoms with Crippen LogP contribution in [0.2, 0.25) is 0 Å². The number of fused-ring (bicyclic) bond motifs is 2. The smallest absolute Gasteiger partial charge is 0.237 e. The van der Waals surface area contributed by atoms with Gasteiger partial charge in [0.2, 0.25) is 5.91 Å². The maximum absolute atomic E-state index is 11.8. The number of nitrogens with zero attached hydrogens (tertiary/aromatic N) is 2. The van der Waals surface area contributed by atoms with Crippen molar-refractivity contribution in [2.45, 2.75) is 51.6 Å². The lowest BCUT2D eigenvalue weighted by atomic mass is 9.96. The van der Waals surface area contributed by atoms with Crippen LogP contribution in [0.5, 0.6) is 0 Å². The maximum Gasteiger partial charge on any atom is 0.237 e. The van der Waals surface area contributed by atoms with Crippen LogP contribution in [0.15, 0.2) is 35.0 Å². The summed E-state index contributed by atoms with van der Waals surface area (Å²) in [5.74, 6) is 1.56. The molecule has 2 heterocycles. The van der Waals surface area contributed by atoms with E-state index >= 15 is 0 Å². The Morgan fingerprint density at radius 2 is 2.25 bits per heavy atom. The van der Waals surface area contributed by atoms with E-state index in [1.807, 2.05) is 11.1 Å². The molecule has 2 unspecified atom stereocenters. The van der Waals surface area contributed by atoms with Crippen LogP contribution in [0.25, 0.3) is 0 Å². The Morgan fingerprint density at radius 3 is 3.04 bits per heavy atom. The second kappa shape index (κ2) is 8.16. The Bertz CT molecular complexity index is 817. The molecule has 0 saturated carbocycles. The van der Waals surface area contributed by atoms with Crippen molar-refractivity contribution in [3.8, 4) is 0 Å². The zero-order chi connectivity index (χ0) is 19.7. The zero-order valence-electron chi connectivity index (χ0n) is 16.7. The number of carbonyl (C=O) groups is 1. The van der Waals surface area contributed by atoms with E-state index in [1.165, 1.54) is 16.7 Å². The molecule has 1 aromatic rings. The average molecular weight is 401 g/mol. The van der Waals surface area contributed by atoms with E-state index in [4.69, 9.17) is 16.6 Å². The molecule has 1 fully saturated rings. The molecule has 5 nitrogen and oxygen atoms in total. The molecule has 4 rings (SSSR count). The highest BCUT2D eigenvalue weighted by Crippen LogP contribution is 2.28. The zero-order valence-corrected chi connectivity index (χ0v) is 17.4. The molecule has 2 aliphatic heterocycles. The summed E-state index contributed by atoms with van der Waals surface area (Å²) in [6.07, 6.45) is 6.10. The number of likely N-dealkylation sites (tertiary alicyclic amines) is 1. The lowest BCUT2D eigenvalue weighted by Gasteiger charge is -2.35. The SMILES string of the molecule is CC(C)Cc1cccc2c1CC(NC1=NC3CCN(C(=O)CCl)CC3=CN1)C2. The van der Waals surface area contributed by atoms with E-state index in [9.17, 15) is 4.79 Å². The largest absolute Gasteiger partial charge is 0.353 e. The average Bonchev–Trinajstić information content (AvgIpc) is 3.10. The summed E-state index contributed by atoms with van der Waals surface area (Å²) in [4.78, 5) is 18.5. The molecule has 6 heteroatoms. The van der Waals surface area contributed by atoms with E-state index < -0.39 is 0 Å². The fourth-order valence-electron chi connectivity index (χ4n) is 4.54. The molecule has 0 bridgehead atoms. The topological polar surface area (TPSA) is 56.7 Å². The second-order valence-corrected chi connectivity index (χ2v) is 8.76. The highest BCUT2D eigenvalue weighted by atomic mass is 35.5. The molecule has 3 aliphatic rings. The summed E-state index contributed by atoms with van der Waals surface area (Å²) in [7, 11) is 0. The molecule has 1 amide bonds. The van der Waals surface area contributed by atoms with E-state index in [0.717, 1.165) is 43.8 Å². The minimum absolute atomic E-state index is 0.00478. The molecule has 0 radical (unpaired) electrons. The van der Waals surface area contributed by atoms with Crippen LogP contribution in [-0.2, 0) is 24.1 Å². The van der Waals surface area contributed by atoms with Gasteiger partial charge < -0.3 is 15.5 Å². The van der Waals surface area contributed by atoms with Crippen molar-refractivity contribution in [1.29, 1.82) is 0 Å². The van der Waals surface area contributed by atoms with Gasteiger partial charge in [-0.3, -0.25) is 4.79 Å². The lowest BCUT2D eigenvalue weighted by Crippen LogP contribution is -2.48. The van der Waals surface area contributed by atoms with Crippen molar-refractivity contribution in [2.24, 2.45) is 10.9 Å². The molecule has 28 heavy (non-hydrogen) atoms. The summed E-state index contributed by atoms with van der Waals surface area (Å²) in [6.45, 7) is 5.90. The summed E-state index contributed by atoms with van der Waals surface area (Å²) in [6, 6.07) is 7.27. The third-order valence-electron chi connectivity index (χ3n) is 5.88. The van der Waals surface area contributed by atoms with Crippen molar-refractivity contribution in [2.75, 3.05) is 19.0 Å². The number of halogens is 1. The number of nitrogens with one attached hydrogen (secondary N) is 2. The number of hydrogen-bond acceptors (Lipinski definition) is 4. The minimum Gasteiger partial charge on any atom is -0.353 e. The first-order chi connectivity index (χ1) is 13.5. The number of aliphatic imine (C=N–C) groups is 1. The minimum atomic E-state index is -0.00478. The van der Waals surface area contributed by atoms with Gasteiger partial charge in [0.15, 0.2) is 5.96 Å². The van der Waals surface area contributed by atoms with Crippen molar-refractivity contribution in [3.63, 3.8) is 0 Å². The number of alkyl halides is 1. The van der Waals surface area contributed by atoms with Gasteiger partial charge in [0.1, 0.15) is 5.88 Å². The van der Waals surface area contributed by atoms with Gasteiger partial charge in [-0.25, -0.2) is 4.99 Å². The predicted molar refractivity (Wildman–Crippen MR) is 114 cm³/mol. The quantitative estimate of drug-likeness (QED) is 0.764. The number of piperidine rings is 1. The molecule has 0 aromatic heterocycles. The molecule has 2 atom stereocenters. The van der Waals surface area contributed by atoms with Crippen molar-refractivity contribution in [3.05, 3.63) is 46.7 Å². The second-order valence-electron chi connectivity index (χ2n) is 8.50. The molecule has 1 aliphatic carbocycles. The third-order valence-corrected chi connectivity index (χ3v) is 6.10. The van der Waals surface area contributed by atoms with Crippen LogP contribution in [0.3, 0.4) is 0 Å². The number of guanidine groups is 1. The number of hydrogen-bond donors (Lipinski definition) is 2. The highest BCUT2D eigenvalue weighted by molar-refractivity contribution is 6.27. The molecule has 1 aromatic carbocycles. The Morgan fingerprint density at radius 1 is 1.39 bits per heavy atom. The van der Waals surface area contributed by atoms with Crippen molar-refractivity contribution in [1.82, 2.24) is 15.5 Å². The van der Waals surface area contributed by atoms with E-state index in [2.05, 4.69) is 42.7 Å². The van der Waals surface area contributed by atoms with Crippen LogP contribution >= 0.6 is 11.6 Å². The fraction of sp³-hybridized carbons (Fsp3) is 0.545. The first-order valence-corrected chi connectivity index (χ1v) is 10.8. The van der Waals surface area contributed by atoms with Crippen molar-refractivity contribution >= 4 is 23.5 Å². The number of amides is 1. The maximum atomic E-state index is 11.8. The van der Waals surface area contributed by atoms with Gasteiger partial charge in [-0.05, 0) is 53.9 Å². The summed E-state index contributed by atoms with van der Waals surface area (Å²) >= 11 is 5.69. The molecule has 1 saturated heterocycles. The normalized spacial score (nSPS) is 23.5. The Hall–Kier alpha value is -2.01. The molecule has 2 N–H and O–H groups in total. The number of benzene rings is 1. The number of carbonyl (C=O) groups excluding carboxylic acids is 1. The fourth-order valence-corrected chi connectivity index (χ4v) is 4.71. The van der Waals surface area contributed by atoms with Gasteiger partial charge >= 0.3 is 0 Å². The molecular formula is C22H29ClN4O. The Labute approximate surface area is 172 Å². The van der Waals surface area contributed by atoms with E-state index in [-0.39, 0.29) is 17.8 Å². The lowest BCUT2D eigenvalue weighted by molar-refractivity contribution is -0.128. The van der Waals surface area contributed by atoms with Crippen LogP contribution in [0.1, 0.15) is 37.0 Å². The van der Waals surface area contributed by atoms with Crippen LogP contribution < -0.4 is 10.6 Å². The first kappa shape index (κ1) is 19.3. The van der Waals surface area contributed by atoms with Gasteiger partial charge in [0, 0.05) is 25.3 Å². The van der Waals surface area contributed by atoms with Crippen LogP contribution in [-0.4, -0.2) is 47.8 Å². The van der Waals surface area contributed by atoms with E-state index in [0.29, 0.717) is 18.5 Å². The highest BCUT2D eigenvalue weighted by Gasteiger charge is 2.30. The Kier molecular flexibility index (Phi) is 5.63. The van der Waals surface area contributed by atoms with Gasteiger partial charge in [0.25, 0.3) is 0 Å². The van der Waals surface area contributed by atoms with Crippen LogP contribution in [0, 0.1) is 5.92 Å². The monoisotopic (exact) mass is 400 g/mol. The van der Waals surface area contributed by atoms with Gasteiger partial charge in [-0.2, -0.15) is 0 Å². The third kappa shape index (κ3) is 4.04. The van der Waals surface area contributed by atoms with Gasteiger partial charge in [0.05, 0.1) is 6.04 Å². The summed E-state index contributed by atoms with van der Waals surface area (Å²) in [5, 5.41) is 6.92. The van der Waals surface area contributed by atoms with Gasteiger partial charge in [-0.15, -0.1) is 11.6 Å². The number of rotatable bonds is 4. The van der Waals surface area contributed by atoms with Crippen LogP contribution in [0.4, 0.5) is 0 Å². The first-order valence-electron chi connectivity index (χ1n) is 10.3. The Balaban J connectivity index is 1.38. The molecule has 0 spiro atoms. The van der Waals surface area contributed by atoms with E-state index in [1.54, 1.807) is 0 Å². The standard InChI is InChI=1S/C22H29ClN4O/c1-14(2)8-15-4-3-5-16-9-18(10-19(15)16)25-22-24-12-17-13-27(21(28)11-23)7-6-20(17)26-22/h3-5,12,14,18,20H,6-11,13H2,1-2H3,(H2,24,25,26). The summed E-state index contributed by atoms with van der Waals surface area (Å²) in [5.41, 5.74) is 5.64. The van der Waals surface area contributed by atoms with Crippen molar-refractivity contribution < 1.29 is 4.79 Å². The molecule has 150 valence electrons. The predicted octanol–water partition coefficient (Wildman–Crippen LogP) is 2.62. The summed E-state index contributed by atoms with van der Waals surface area (Å²) < 4.78 is 0. The molecular weight excluding hydrogens is 372 g/mol.